The van der Waals surface area contributed by atoms with Gasteiger partial charge in [-0.2, -0.15) is 0 Å². The van der Waals surface area contributed by atoms with E-state index in [4.69, 9.17) is 15.3 Å². The van der Waals surface area contributed by atoms with Gasteiger partial charge in [-0.25, -0.2) is 8.42 Å². The second-order valence-corrected chi connectivity index (χ2v) is 7.40. The Kier molecular flexibility index (Phi) is 12.4. The number of likely N-dealkylation sites (N-methyl/N-ethyl adjacent to an activating group) is 1. The summed E-state index contributed by atoms with van der Waals surface area (Å²) in [4.78, 5) is 1.51. The van der Waals surface area contributed by atoms with E-state index < -0.39 is 15.9 Å². The van der Waals surface area contributed by atoms with E-state index in [0.29, 0.717) is 0 Å². The minimum Gasteiger partial charge on any atom is -0.748 e. The summed E-state index contributed by atoms with van der Waals surface area (Å²) in [7, 11) is 1.98. The molecule has 0 aliphatic rings. The van der Waals surface area contributed by atoms with Crippen LogP contribution in [0.2, 0.25) is 0 Å². The zero-order chi connectivity index (χ0) is 17.1. The molecule has 0 aromatic carbocycles. The normalized spacial score (nSPS) is 13.8. The summed E-state index contributed by atoms with van der Waals surface area (Å²) >= 11 is 0. The quantitative estimate of drug-likeness (QED) is 0.327. The first-order valence-corrected chi connectivity index (χ1v) is 8.35. The van der Waals surface area contributed by atoms with E-state index >= 15 is 0 Å². The molecule has 0 rings (SSSR count). The van der Waals surface area contributed by atoms with Gasteiger partial charge in [0.05, 0.1) is 50.2 Å². The van der Waals surface area contributed by atoms with E-state index in [1.165, 1.54) is 4.90 Å². The van der Waals surface area contributed by atoms with Crippen molar-refractivity contribution in [3.63, 3.8) is 0 Å². The van der Waals surface area contributed by atoms with Crippen molar-refractivity contribution in [3.8, 4) is 0 Å². The molecule has 0 saturated heterocycles. The van der Waals surface area contributed by atoms with Crippen LogP contribution in [0, 0.1) is 0 Å². The molecule has 8 nitrogen and oxygen atoms in total. The fraction of sp³-hybridized carbons (Fsp3) is 1.00. The largest absolute Gasteiger partial charge is 0.748 e. The van der Waals surface area contributed by atoms with E-state index in [1.54, 1.807) is 0 Å². The van der Waals surface area contributed by atoms with Crippen LogP contribution in [0.1, 0.15) is 6.92 Å². The highest BCUT2D eigenvalue weighted by Gasteiger charge is 2.09. The molecule has 0 aliphatic heterocycles. The van der Waals surface area contributed by atoms with Crippen LogP contribution in [0.25, 0.3) is 0 Å². The van der Waals surface area contributed by atoms with Gasteiger partial charge in [0.25, 0.3) is 0 Å². The molecule has 9 heteroatoms. The third-order valence-electron chi connectivity index (χ3n) is 2.30. The van der Waals surface area contributed by atoms with Crippen LogP contribution in [0.3, 0.4) is 0 Å². The molecule has 21 heavy (non-hydrogen) atoms. The van der Waals surface area contributed by atoms with Crippen molar-refractivity contribution in [2.45, 2.75) is 13.0 Å². The van der Waals surface area contributed by atoms with Crippen LogP contribution in [-0.2, 0) is 10.1 Å². The average Bonchev–Trinajstić information content (AvgIpc) is 2.22. The van der Waals surface area contributed by atoms with Gasteiger partial charge in [-0.05, 0) is 6.92 Å². The predicted molar refractivity (Wildman–Crippen MR) is 79.8 cm³/mol. The molecule has 0 aromatic rings. The monoisotopic (exact) mass is 330 g/mol. The molecule has 0 amide bonds. The van der Waals surface area contributed by atoms with Crippen molar-refractivity contribution in [3.05, 3.63) is 0 Å². The van der Waals surface area contributed by atoms with E-state index in [0.717, 1.165) is 11.0 Å². The minimum absolute atomic E-state index is 0.0486. The van der Waals surface area contributed by atoms with Gasteiger partial charge in [0.15, 0.2) is 0 Å². The molecule has 3 N–H and O–H groups in total. The Morgan fingerprint density at radius 2 is 1.52 bits per heavy atom. The van der Waals surface area contributed by atoms with Crippen molar-refractivity contribution < 1.29 is 32.8 Å². The highest BCUT2D eigenvalue weighted by atomic mass is 32.2. The topological polar surface area (TPSA) is 121 Å². The van der Waals surface area contributed by atoms with E-state index in [2.05, 4.69) is 21.1 Å². The Morgan fingerprint density at radius 1 is 1.10 bits per heavy atom. The molecule has 0 radical (unpaired) electrons. The first kappa shape index (κ1) is 23.0. The number of rotatable bonds is 9. The Balaban J connectivity index is 0. The van der Waals surface area contributed by atoms with Gasteiger partial charge in [0, 0.05) is 19.6 Å². The summed E-state index contributed by atoms with van der Waals surface area (Å²) in [6.07, 6.45) is -0.185. The van der Waals surface area contributed by atoms with Gasteiger partial charge in [0.1, 0.15) is 12.6 Å². The number of quaternary nitrogens is 1. The highest BCUT2D eigenvalue weighted by Crippen LogP contribution is 1.92. The summed E-state index contributed by atoms with van der Waals surface area (Å²) in [5, 5.41) is 26.0. The lowest BCUT2D eigenvalue weighted by atomic mass is 10.3. The summed E-state index contributed by atoms with van der Waals surface area (Å²) < 4.78 is 31.5. The van der Waals surface area contributed by atoms with E-state index in [1.807, 2.05) is 6.92 Å². The number of hydrogen-bond donors (Lipinski definition) is 3. The third-order valence-corrected chi connectivity index (χ3v) is 2.98. The zero-order valence-corrected chi connectivity index (χ0v) is 14.2. The molecule has 0 bridgehead atoms. The lowest BCUT2D eigenvalue weighted by Gasteiger charge is -2.24. The summed E-state index contributed by atoms with van der Waals surface area (Å²) in [5.41, 5.74) is 0. The van der Waals surface area contributed by atoms with Crippen molar-refractivity contribution in [2.24, 2.45) is 0 Å². The van der Waals surface area contributed by atoms with Gasteiger partial charge < -0.3 is 24.4 Å². The van der Waals surface area contributed by atoms with Crippen LogP contribution in [-0.4, -0.2) is 110 Å². The molecule has 0 fully saturated rings. The second kappa shape index (κ2) is 11.3. The molecule has 1 atom stereocenters. The van der Waals surface area contributed by atoms with E-state index in [9.17, 15) is 13.0 Å². The molecule has 0 heterocycles. The molecule has 130 valence electrons. The second-order valence-electron chi connectivity index (χ2n) is 5.87. The number of aliphatic hydroxyl groups excluding tert-OH is 3. The fourth-order valence-electron chi connectivity index (χ4n) is 1.65. The van der Waals surface area contributed by atoms with Gasteiger partial charge in [0.2, 0.25) is 0 Å². The predicted octanol–water partition coefficient (Wildman–Crippen LogP) is -2.11. The van der Waals surface area contributed by atoms with Gasteiger partial charge in [-0.15, -0.1) is 0 Å². The fourth-order valence-corrected chi connectivity index (χ4v) is 2.13. The van der Waals surface area contributed by atoms with Gasteiger partial charge in [-0.1, -0.05) is 0 Å². The Bertz CT molecular complexity index is 334. The zero-order valence-electron chi connectivity index (χ0n) is 13.4. The molecule has 1 unspecified atom stereocenters. The van der Waals surface area contributed by atoms with Crippen molar-refractivity contribution in [1.82, 2.24) is 4.90 Å². The molecule has 0 spiro atoms. The Morgan fingerprint density at radius 3 is 1.71 bits per heavy atom. The number of nitrogens with zero attached hydrogens (tertiary/aromatic N) is 2. The molecular weight excluding hydrogens is 300 g/mol. The third kappa shape index (κ3) is 22.1. The van der Waals surface area contributed by atoms with E-state index in [-0.39, 0.29) is 39.0 Å². The van der Waals surface area contributed by atoms with Crippen LogP contribution in [0.15, 0.2) is 0 Å². The Labute approximate surface area is 128 Å². The van der Waals surface area contributed by atoms with Crippen molar-refractivity contribution in [1.29, 1.82) is 0 Å². The lowest BCUT2D eigenvalue weighted by molar-refractivity contribution is -0.873. The maximum atomic E-state index is 10.2. The summed E-state index contributed by atoms with van der Waals surface area (Å²) in [5.74, 6) is -0.493. The van der Waals surface area contributed by atoms with Gasteiger partial charge >= 0.3 is 0 Å². The Hall–Kier alpha value is -0.290. The molecule has 0 saturated carbocycles. The first-order valence-electron chi connectivity index (χ1n) is 6.77. The van der Waals surface area contributed by atoms with Crippen molar-refractivity contribution in [2.75, 3.05) is 66.3 Å². The maximum Gasteiger partial charge on any atom is 0.104 e. The summed E-state index contributed by atoms with van der Waals surface area (Å²) in [6, 6.07) is 0. The van der Waals surface area contributed by atoms with Crippen LogP contribution < -0.4 is 0 Å². The number of aliphatic hydroxyl groups is 3. The SMILES string of the molecule is CC(O)C[N+](C)(C)C.O=S(=O)([O-])CCN(CCO)CCO. The van der Waals surface area contributed by atoms with Crippen molar-refractivity contribution >= 4 is 10.1 Å². The van der Waals surface area contributed by atoms with Crippen LogP contribution in [0.5, 0.6) is 0 Å². The smallest absolute Gasteiger partial charge is 0.104 e. The molecular formula is C12H30N2O6S. The lowest BCUT2D eigenvalue weighted by Crippen LogP contribution is -2.40. The first-order chi connectivity index (χ1) is 9.41. The maximum absolute atomic E-state index is 10.2. The van der Waals surface area contributed by atoms with Crippen LogP contribution >= 0.6 is 0 Å². The summed E-state index contributed by atoms with van der Waals surface area (Å²) in [6.45, 7) is 2.94. The van der Waals surface area contributed by atoms with Gasteiger partial charge in [-0.3, -0.25) is 4.90 Å². The van der Waals surface area contributed by atoms with Crippen LogP contribution in [0.4, 0.5) is 0 Å². The average molecular weight is 330 g/mol. The molecule has 0 aliphatic carbocycles. The number of hydrogen-bond acceptors (Lipinski definition) is 7. The highest BCUT2D eigenvalue weighted by molar-refractivity contribution is 7.85. The standard InChI is InChI=1S/C6H15NO5S.C6H16NO/c8-4-1-7(2-5-9)3-6-13(10,11)12;1-6(8)5-7(2,3)4/h8-9H,1-6H2,(H,10,11,12);6,8H,5H2,1-4H3/q;+1/p-1. The molecule has 0 aromatic heterocycles. The minimum atomic E-state index is -4.21.